The summed E-state index contributed by atoms with van der Waals surface area (Å²) in [5, 5.41) is 60.3. The zero-order valence-electron chi connectivity index (χ0n) is 17.4. The maximum Gasteiger partial charge on any atom is 0.111 e. The number of unbranched alkanes of at least 4 members (excludes halogenated alkanes) is 2. The first kappa shape index (κ1) is 23.7. The Labute approximate surface area is 181 Å². The molecule has 31 heavy (non-hydrogen) atoms. The van der Waals surface area contributed by atoms with Crippen LogP contribution in [0.4, 0.5) is 0 Å². The predicted octanol–water partition coefficient (Wildman–Crippen LogP) is -1.06. The van der Waals surface area contributed by atoms with Gasteiger partial charge in [-0.1, -0.05) is 35.5 Å². The minimum Gasteiger partial charge on any atom is -0.389 e. The second-order valence-electron chi connectivity index (χ2n) is 7.93. The molecule has 6 atom stereocenters. The third-order valence-corrected chi connectivity index (χ3v) is 5.53. The molecular formula is C21H32N4O6. The summed E-state index contributed by atoms with van der Waals surface area (Å²) < 4.78 is 7.39. The fourth-order valence-electron chi connectivity index (χ4n) is 3.64. The van der Waals surface area contributed by atoms with Crippen molar-refractivity contribution in [1.29, 1.82) is 0 Å². The van der Waals surface area contributed by atoms with Gasteiger partial charge < -0.3 is 35.6 Å². The van der Waals surface area contributed by atoms with Crippen molar-refractivity contribution in [1.82, 2.24) is 20.3 Å². The molecule has 2 aromatic rings. The average Bonchev–Trinajstić information content (AvgIpc) is 3.24. The van der Waals surface area contributed by atoms with E-state index in [-0.39, 0.29) is 6.54 Å². The Morgan fingerprint density at radius 1 is 0.871 bits per heavy atom. The van der Waals surface area contributed by atoms with Crippen LogP contribution in [0.3, 0.4) is 0 Å². The topological polar surface area (TPSA) is 153 Å². The SMILES string of the molecule is OC1[C@@H](O)[C@H](O)C(NCc2cn(CCCCCOCc3ccccc3)nn2)[C@H](O)[C@H]1O. The zero-order valence-corrected chi connectivity index (χ0v) is 17.4. The number of aliphatic hydroxyl groups is 5. The summed E-state index contributed by atoms with van der Waals surface area (Å²) in [6.07, 6.45) is -2.90. The lowest BCUT2D eigenvalue weighted by molar-refractivity contribution is -0.190. The number of ether oxygens (including phenoxy) is 1. The van der Waals surface area contributed by atoms with Crippen LogP contribution in [0.2, 0.25) is 0 Å². The molecule has 0 amide bonds. The summed E-state index contributed by atoms with van der Waals surface area (Å²) in [6, 6.07) is 9.06. The second kappa shape index (κ2) is 11.6. The van der Waals surface area contributed by atoms with Crippen LogP contribution in [-0.4, -0.2) is 83.7 Å². The number of aliphatic hydroxyl groups excluding tert-OH is 5. The largest absolute Gasteiger partial charge is 0.389 e. The van der Waals surface area contributed by atoms with Crippen molar-refractivity contribution in [3.63, 3.8) is 0 Å². The molecule has 0 saturated heterocycles. The third-order valence-electron chi connectivity index (χ3n) is 5.53. The van der Waals surface area contributed by atoms with Crippen LogP contribution in [0.5, 0.6) is 0 Å². The fraction of sp³-hybridized carbons (Fsp3) is 0.619. The Kier molecular flexibility index (Phi) is 8.90. The van der Waals surface area contributed by atoms with E-state index < -0.39 is 36.6 Å². The molecule has 1 fully saturated rings. The van der Waals surface area contributed by atoms with Crippen LogP contribution in [0.25, 0.3) is 0 Å². The quantitative estimate of drug-likeness (QED) is 0.242. The number of hydrogen-bond donors (Lipinski definition) is 6. The van der Waals surface area contributed by atoms with Crippen molar-refractivity contribution < 1.29 is 30.3 Å². The zero-order chi connectivity index (χ0) is 22.2. The lowest BCUT2D eigenvalue weighted by Gasteiger charge is -2.42. The molecule has 172 valence electrons. The molecule has 1 heterocycles. The number of hydrogen-bond acceptors (Lipinski definition) is 9. The van der Waals surface area contributed by atoms with Gasteiger partial charge in [0.25, 0.3) is 0 Å². The number of benzene rings is 1. The average molecular weight is 437 g/mol. The first-order valence-electron chi connectivity index (χ1n) is 10.6. The molecule has 1 aliphatic carbocycles. The second-order valence-corrected chi connectivity index (χ2v) is 7.93. The Bertz CT molecular complexity index is 760. The molecule has 1 saturated carbocycles. The molecular weight excluding hydrogens is 404 g/mol. The normalized spacial score (nSPS) is 28.7. The van der Waals surface area contributed by atoms with E-state index in [1.807, 2.05) is 30.3 Å². The van der Waals surface area contributed by atoms with E-state index in [0.717, 1.165) is 19.3 Å². The van der Waals surface area contributed by atoms with E-state index in [0.29, 0.717) is 25.5 Å². The third kappa shape index (κ3) is 6.53. The molecule has 0 spiro atoms. The molecule has 0 aliphatic heterocycles. The number of nitrogens with one attached hydrogen (secondary N) is 1. The summed E-state index contributed by atoms with van der Waals surface area (Å²) in [6.45, 7) is 2.23. The highest BCUT2D eigenvalue weighted by atomic mass is 16.5. The molecule has 6 N–H and O–H groups in total. The minimum absolute atomic E-state index is 0.182. The monoisotopic (exact) mass is 436 g/mol. The van der Waals surface area contributed by atoms with Crippen LogP contribution in [0.15, 0.2) is 36.5 Å². The number of aromatic nitrogens is 3. The van der Waals surface area contributed by atoms with Gasteiger partial charge in [0.15, 0.2) is 0 Å². The minimum atomic E-state index is -1.60. The van der Waals surface area contributed by atoms with Gasteiger partial charge in [-0.3, -0.25) is 4.68 Å². The molecule has 0 radical (unpaired) electrons. The maximum atomic E-state index is 10.1. The molecule has 1 aromatic carbocycles. The van der Waals surface area contributed by atoms with E-state index in [9.17, 15) is 25.5 Å². The van der Waals surface area contributed by atoms with Crippen molar-refractivity contribution in [2.45, 2.75) is 75.5 Å². The molecule has 2 unspecified atom stereocenters. The van der Waals surface area contributed by atoms with Crippen LogP contribution >= 0.6 is 0 Å². The summed E-state index contributed by atoms with van der Waals surface area (Å²) in [4.78, 5) is 0. The standard InChI is InChI=1S/C21H32N4O6/c26-17-16(18(27)20(29)21(30)19(17)28)22-11-15-12-25(24-23-15)9-5-2-6-10-31-13-14-7-3-1-4-8-14/h1,3-4,7-8,12,16-22,26-30H,2,5-6,9-11,13H2/t16?,17-,18+,19+,20-,21?. The summed E-state index contributed by atoms with van der Waals surface area (Å²) in [5.41, 5.74) is 1.76. The van der Waals surface area contributed by atoms with Gasteiger partial charge in [0.1, 0.15) is 30.5 Å². The molecule has 10 nitrogen and oxygen atoms in total. The number of rotatable bonds is 11. The van der Waals surface area contributed by atoms with Gasteiger partial charge in [-0.25, -0.2) is 0 Å². The van der Waals surface area contributed by atoms with Gasteiger partial charge in [-0.2, -0.15) is 0 Å². The molecule has 3 rings (SSSR count). The van der Waals surface area contributed by atoms with Gasteiger partial charge in [-0.05, 0) is 24.8 Å². The van der Waals surface area contributed by atoms with Crippen molar-refractivity contribution in [2.75, 3.05) is 6.61 Å². The maximum absolute atomic E-state index is 10.1. The van der Waals surface area contributed by atoms with Gasteiger partial charge in [0, 0.05) is 25.9 Å². The predicted molar refractivity (Wildman–Crippen MR) is 111 cm³/mol. The van der Waals surface area contributed by atoms with Crippen molar-refractivity contribution >= 4 is 0 Å². The van der Waals surface area contributed by atoms with Gasteiger partial charge >= 0.3 is 0 Å². The van der Waals surface area contributed by atoms with Gasteiger partial charge in [0.2, 0.25) is 0 Å². The van der Waals surface area contributed by atoms with E-state index in [1.54, 1.807) is 10.9 Å². The molecule has 1 aromatic heterocycles. The van der Waals surface area contributed by atoms with E-state index >= 15 is 0 Å². The summed E-state index contributed by atoms with van der Waals surface area (Å²) in [7, 11) is 0. The van der Waals surface area contributed by atoms with Crippen LogP contribution in [0, 0.1) is 0 Å². The first-order chi connectivity index (χ1) is 15.0. The van der Waals surface area contributed by atoms with E-state index in [4.69, 9.17) is 4.74 Å². The molecule has 10 heteroatoms. The van der Waals surface area contributed by atoms with Gasteiger partial charge in [0.05, 0.1) is 18.3 Å². The highest BCUT2D eigenvalue weighted by molar-refractivity contribution is 5.13. The molecule has 0 bridgehead atoms. The lowest BCUT2D eigenvalue weighted by atomic mass is 9.83. The first-order valence-corrected chi connectivity index (χ1v) is 10.6. The highest BCUT2D eigenvalue weighted by Crippen LogP contribution is 2.21. The van der Waals surface area contributed by atoms with E-state index in [2.05, 4.69) is 15.6 Å². The Morgan fingerprint density at radius 2 is 1.55 bits per heavy atom. The number of nitrogens with zero attached hydrogens (tertiary/aromatic N) is 3. The van der Waals surface area contributed by atoms with Crippen molar-refractivity contribution in [2.24, 2.45) is 0 Å². The van der Waals surface area contributed by atoms with Crippen molar-refractivity contribution in [3.8, 4) is 0 Å². The summed E-state index contributed by atoms with van der Waals surface area (Å²) >= 11 is 0. The lowest BCUT2D eigenvalue weighted by Crippen LogP contribution is -2.67. The van der Waals surface area contributed by atoms with E-state index in [1.165, 1.54) is 5.56 Å². The van der Waals surface area contributed by atoms with Crippen LogP contribution in [0.1, 0.15) is 30.5 Å². The fourth-order valence-corrected chi connectivity index (χ4v) is 3.64. The smallest absolute Gasteiger partial charge is 0.111 e. The summed E-state index contributed by atoms with van der Waals surface area (Å²) in [5.74, 6) is 0. The Balaban J connectivity index is 1.32. The molecule has 1 aliphatic rings. The van der Waals surface area contributed by atoms with Gasteiger partial charge in [-0.15, -0.1) is 5.10 Å². The Hall–Kier alpha value is -1.92. The number of aryl methyl sites for hydroxylation is 1. The highest BCUT2D eigenvalue weighted by Gasteiger charge is 2.47. The van der Waals surface area contributed by atoms with Crippen LogP contribution < -0.4 is 5.32 Å². The van der Waals surface area contributed by atoms with Crippen LogP contribution in [-0.2, 0) is 24.4 Å². The van der Waals surface area contributed by atoms with Crippen molar-refractivity contribution in [3.05, 3.63) is 47.8 Å². The Morgan fingerprint density at radius 3 is 2.26 bits per heavy atom.